The number of anilines is 4. The van der Waals surface area contributed by atoms with Gasteiger partial charge in [0.25, 0.3) is 0 Å². The zero-order chi connectivity index (χ0) is 20.2. The van der Waals surface area contributed by atoms with Gasteiger partial charge in [-0.15, -0.1) is 10.2 Å². The zero-order valence-corrected chi connectivity index (χ0v) is 17.2. The summed E-state index contributed by atoms with van der Waals surface area (Å²) < 4.78 is 0. The molecular weight excluding hydrogens is 374 g/mol. The van der Waals surface area contributed by atoms with Crippen molar-refractivity contribution in [2.45, 2.75) is 32.1 Å². The second-order valence-corrected chi connectivity index (χ2v) is 7.98. The predicted octanol–water partition coefficient (Wildman–Crippen LogP) is 4.27. The SMILES string of the molecule is c1nc(Nc2ccc(-c3ccc(N4CCCCC4)nn3)cc2)cc(N2CCCC2)n1. The van der Waals surface area contributed by atoms with Crippen molar-refractivity contribution in [2.75, 3.05) is 41.3 Å². The molecule has 0 atom stereocenters. The minimum atomic E-state index is 0.810. The molecule has 1 N–H and O–H groups in total. The van der Waals surface area contributed by atoms with Crippen molar-refractivity contribution in [3.8, 4) is 11.3 Å². The van der Waals surface area contributed by atoms with Crippen LogP contribution in [0.15, 0.2) is 48.8 Å². The molecule has 0 bridgehead atoms. The third kappa shape index (κ3) is 4.20. The molecule has 30 heavy (non-hydrogen) atoms. The maximum Gasteiger partial charge on any atom is 0.151 e. The van der Waals surface area contributed by atoms with E-state index in [1.165, 1.54) is 32.1 Å². The molecule has 4 heterocycles. The van der Waals surface area contributed by atoms with E-state index in [0.717, 1.165) is 60.6 Å². The Bertz CT molecular complexity index is 960. The van der Waals surface area contributed by atoms with E-state index in [4.69, 9.17) is 0 Å². The van der Waals surface area contributed by atoms with Gasteiger partial charge in [0.05, 0.1) is 5.69 Å². The molecule has 2 aliphatic heterocycles. The van der Waals surface area contributed by atoms with Crippen LogP contribution in [0.5, 0.6) is 0 Å². The topological polar surface area (TPSA) is 70.1 Å². The van der Waals surface area contributed by atoms with Gasteiger partial charge in [-0.2, -0.15) is 0 Å². The first-order valence-corrected chi connectivity index (χ1v) is 10.9. The molecule has 1 aromatic carbocycles. The van der Waals surface area contributed by atoms with Crippen LogP contribution in [-0.2, 0) is 0 Å². The molecule has 0 spiro atoms. The van der Waals surface area contributed by atoms with E-state index in [-0.39, 0.29) is 0 Å². The summed E-state index contributed by atoms with van der Waals surface area (Å²) in [6.45, 7) is 4.30. The molecule has 2 aromatic heterocycles. The summed E-state index contributed by atoms with van der Waals surface area (Å²) in [7, 11) is 0. The highest BCUT2D eigenvalue weighted by molar-refractivity contribution is 5.66. The third-order valence-corrected chi connectivity index (χ3v) is 5.87. The minimum absolute atomic E-state index is 0.810. The average molecular weight is 402 g/mol. The lowest BCUT2D eigenvalue weighted by molar-refractivity contribution is 0.571. The fourth-order valence-electron chi connectivity index (χ4n) is 4.18. The molecular formula is C23H27N7. The summed E-state index contributed by atoms with van der Waals surface area (Å²) in [6.07, 6.45) is 7.89. The molecule has 2 aliphatic rings. The summed E-state index contributed by atoms with van der Waals surface area (Å²) in [6, 6.07) is 14.4. The Morgan fingerprint density at radius 3 is 2.07 bits per heavy atom. The van der Waals surface area contributed by atoms with E-state index >= 15 is 0 Å². The van der Waals surface area contributed by atoms with Crippen LogP contribution in [-0.4, -0.2) is 46.3 Å². The quantitative estimate of drug-likeness (QED) is 0.685. The second-order valence-electron chi connectivity index (χ2n) is 7.98. The fourth-order valence-corrected chi connectivity index (χ4v) is 4.18. The van der Waals surface area contributed by atoms with Crippen molar-refractivity contribution in [3.63, 3.8) is 0 Å². The van der Waals surface area contributed by atoms with Gasteiger partial charge in [-0.05, 0) is 56.4 Å². The molecule has 3 aromatic rings. The van der Waals surface area contributed by atoms with Crippen LogP contribution in [0, 0.1) is 0 Å². The van der Waals surface area contributed by atoms with Crippen molar-refractivity contribution >= 4 is 23.1 Å². The maximum atomic E-state index is 4.46. The lowest BCUT2D eigenvalue weighted by atomic mass is 10.1. The standard InChI is InChI=1S/C23H27N7/c1-2-12-29(13-3-1)22-11-10-20(27-28-22)18-6-8-19(9-7-18)26-21-16-23(25-17-24-21)30-14-4-5-15-30/h6-11,16-17H,1-5,12-15H2,(H,24,25,26). The van der Waals surface area contributed by atoms with E-state index in [0.29, 0.717) is 0 Å². The monoisotopic (exact) mass is 401 g/mol. The lowest BCUT2D eigenvalue weighted by Crippen LogP contribution is -2.30. The summed E-state index contributed by atoms with van der Waals surface area (Å²) in [4.78, 5) is 13.4. The summed E-state index contributed by atoms with van der Waals surface area (Å²) >= 11 is 0. The van der Waals surface area contributed by atoms with Gasteiger partial charge in [-0.3, -0.25) is 0 Å². The maximum absolute atomic E-state index is 4.46. The summed E-state index contributed by atoms with van der Waals surface area (Å²) in [5, 5.41) is 12.3. The number of hydrogen-bond donors (Lipinski definition) is 1. The van der Waals surface area contributed by atoms with E-state index < -0.39 is 0 Å². The normalized spacial score (nSPS) is 16.7. The molecule has 2 saturated heterocycles. The van der Waals surface area contributed by atoms with Crippen molar-refractivity contribution in [2.24, 2.45) is 0 Å². The highest BCUT2D eigenvalue weighted by Crippen LogP contribution is 2.25. The van der Waals surface area contributed by atoms with Crippen LogP contribution in [0.2, 0.25) is 0 Å². The fraction of sp³-hybridized carbons (Fsp3) is 0.391. The van der Waals surface area contributed by atoms with Gasteiger partial charge in [0.15, 0.2) is 5.82 Å². The van der Waals surface area contributed by atoms with E-state index in [1.807, 2.05) is 18.2 Å². The van der Waals surface area contributed by atoms with Crippen LogP contribution in [0.25, 0.3) is 11.3 Å². The Kier molecular flexibility index (Phi) is 5.42. The zero-order valence-electron chi connectivity index (χ0n) is 17.2. The molecule has 0 aliphatic carbocycles. The van der Waals surface area contributed by atoms with E-state index in [2.05, 4.69) is 59.5 Å². The van der Waals surface area contributed by atoms with Crippen LogP contribution in [0.4, 0.5) is 23.1 Å². The molecule has 0 amide bonds. The summed E-state index contributed by atoms with van der Waals surface area (Å²) in [5.41, 5.74) is 2.93. The third-order valence-electron chi connectivity index (χ3n) is 5.87. The molecule has 7 nitrogen and oxygen atoms in total. The van der Waals surface area contributed by atoms with Crippen LogP contribution >= 0.6 is 0 Å². The van der Waals surface area contributed by atoms with E-state index in [1.54, 1.807) is 6.33 Å². The first-order valence-electron chi connectivity index (χ1n) is 10.9. The Hall–Kier alpha value is -3.22. The summed E-state index contributed by atoms with van der Waals surface area (Å²) in [5.74, 6) is 2.78. The highest BCUT2D eigenvalue weighted by Gasteiger charge is 2.14. The minimum Gasteiger partial charge on any atom is -0.356 e. The van der Waals surface area contributed by atoms with Gasteiger partial charge in [0.1, 0.15) is 18.0 Å². The predicted molar refractivity (Wildman–Crippen MR) is 120 cm³/mol. The number of aromatic nitrogens is 4. The van der Waals surface area contributed by atoms with E-state index in [9.17, 15) is 0 Å². The van der Waals surface area contributed by atoms with Gasteiger partial charge in [-0.1, -0.05) is 12.1 Å². The molecule has 154 valence electrons. The van der Waals surface area contributed by atoms with Gasteiger partial charge < -0.3 is 15.1 Å². The highest BCUT2D eigenvalue weighted by atomic mass is 15.3. The molecule has 0 saturated carbocycles. The Balaban J connectivity index is 1.26. The molecule has 7 heteroatoms. The second kappa shape index (κ2) is 8.65. The molecule has 0 unspecified atom stereocenters. The van der Waals surface area contributed by atoms with Crippen LogP contribution in [0.3, 0.4) is 0 Å². The van der Waals surface area contributed by atoms with Crippen LogP contribution < -0.4 is 15.1 Å². The number of benzene rings is 1. The number of nitrogens with zero attached hydrogens (tertiary/aromatic N) is 6. The molecule has 5 rings (SSSR count). The first kappa shape index (κ1) is 18.8. The van der Waals surface area contributed by atoms with Crippen molar-refractivity contribution in [1.29, 1.82) is 0 Å². The lowest BCUT2D eigenvalue weighted by Gasteiger charge is -2.27. The average Bonchev–Trinajstić information content (AvgIpc) is 3.36. The smallest absolute Gasteiger partial charge is 0.151 e. The largest absolute Gasteiger partial charge is 0.356 e. The number of nitrogens with one attached hydrogen (secondary N) is 1. The first-order chi connectivity index (χ1) is 14.8. The van der Waals surface area contributed by atoms with Gasteiger partial charge in [0.2, 0.25) is 0 Å². The van der Waals surface area contributed by atoms with Gasteiger partial charge in [-0.25, -0.2) is 9.97 Å². The Morgan fingerprint density at radius 2 is 1.37 bits per heavy atom. The van der Waals surface area contributed by atoms with Gasteiger partial charge >= 0.3 is 0 Å². The number of piperidine rings is 1. The Morgan fingerprint density at radius 1 is 0.667 bits per heavy atom. The van der Waals surface area contributed by atoms with Gasteiger partial charge in [0, 0.05) is 43.5 Å². The van der Waals surface area contributed by atoms with Crippen LogP contribution in [0.1, 0.15) is 32.1 Å². The van der Waals surface area contributed by atoms with Crippen molar-refractivity contribution < 1.29 is 0 Å². The van der Waals surface area contributed by atoms with Crippen molar-refractivity contribution in [3.05, 3.63) is 48.8 Å². The number of rotatable bonds is 5. The molecule has 2 fully saturated rings. The Labute approximate surface area is 177 Å². The van der Waals surface area contributed by atoms with Crippen molar-refractivity contribution in [1.82, 2.24) is 20.2 Å². The molecule has 0 radical (unpaired) electrons. The number of hydrogen-bond acceptors (Lipinski definition) is 7.